The first-order chi connectivity index (χ1) is 8.70. The van der Waals surface area contributed by atoms with Gasteiger partial charge in [-0.15, -0.1) is 0 Å². The molecule has 0 fully saturated rings. The Morgan fingerprint density at radius 1 is 0.722 bits per heavy atom. The van der Waals surface area contributed by atoms with Gasteiger partial charge >= 0.3 is 7.80 Å². The molecule has 92 valence electrons. The summed E-state index contributed by atoms with van der Waals surface area (Å²) in [5, 5.41) is 20.0. The molecule has 0 spiro atoms. The fourth-order valence-corrected chi connectivity index (χ4v) is 2.88. The van der Waals surface area contributed by atoms with Crippen LogP contribution in [0.3, 0.4) is 0 Å². The Kier molecular flexibility index (Phi) is 4.21. The molecule has 3 nitrogen and oxygen atoms in total. The van der Waals surface area contributed by atoms with E-state index in [1.54, 1.807) is 48.5 Å². The molecule has 2 aromatic carbocycles. The Hall–Kier alpha value is -1.54. The zero-order valence-corrected chi connectivity index (χ0v) is 10.6. The topological polar surface area (TPSA) is 57.5 Å². The van der Waals surface area contributed by atoms with Crippen LogP contribution in [0.5, 0.6) is 0 Å². The SMILES string of the molecule is O=[P+](C(O)c1ccccc1)C(O)c1ccccc1. The summed E-state index contributed by atoms with van der Waals surface area (Å²) in [5.74, 6) is -2.31. The second kappa shape index (κ2) is 5.87. The maximum atomic E-state index is 12.1. The number of aliphatic hydroxyl groups excluding tert-OH is 2. The molecule has 0 aliphatic heterocycles. The van der Waals surface area contributed by atoms with Crippen LogP contribution in [-0.2, 0) is 4.57 Å². The van der Waals surface area contributed by atoms with Gasteiger partial charge in [0.05, 0.1) is 0 Å². The number of rotatable bonds is 4. The van der Waals surface area contributed by atoms with Gasteiger partial charge in [-0.1, -0.05) is 65.2 Å². The van der Waals surface area contributed by atoms with Crippen LogP contribution in [0.4, 0.5) is 0 Å². The van der Waals surface area contributed by atoms with Crippen LogP contribution in [0.25, 0.3) is 0 Å². The number of aliphatic hydroxyl groups is 2. The zero-order chi connectivity index (χ0) is 13.0. The Morgan fingerprint density at radius 2 is 1.06 bits per heavy atom. The van der Waals surface area contributed by atoms with Crippen LogP contribution in [0.15, 0.2) is 60.7 Å². The molecule has 2 N–H and O–H groups in total. The Labute approximate surface area is 107 Å². The van der Waals surface area contributed by atoms with E-state index in [1.165, 1.54) is 0 Å². The Balaban J connectivity index is 2.17. The molecule has 18 heavy (non-hydrogen) atoms. The van der Waals surface area contributed by atoms with Gasteiger partial charge in [-0.2, -0.15) is 0 Å². The van der Waals surface area contributed by atoms with Gasteiger partial charge in [-0.25, -0.2) is 0 Å². The summed E-state index contributed by atoms with van der Waals surface area (Å²) in [6, 6.07) is 17.4. The van der Waals surface area contributed by atoms with Gasteiger partial charge in [0, 0.05) is 11.1 Å². The van der Waals surface area contributed by atoms with Crippen molar-refractivity contribution in [2.75, 3.05) is 0 Å². The minimum absolute atomic E-state index is 0.550. The summed E-state index contributed by atoms with van der Waals surface area (Å²) < 4.78 is 12.1. The van der Waals surface area contributed by atoms with Crippen molar-refractivity contribution in [2.45, 2.75) is 11.7 Å². The molecule has 2 unspecified atom stereocenters. The quantitative estimate of drug-likeness (QED) is 0.831. The van der Waals surface area contributed by atoms with E-state index in [1.807, 2.05) is 12.1 Å². The van der Waals surface area contributed by atoms with Gasteiger partial charge in [0.2, 0.25) is 0 Å². The van der Waals surface area contributed by atoms with Crippen LogP contribution in [0, 0.1) is 0 Å². The van der Waals surface area contributed by atoms with Gasteiger partial charge in [0.25, 0.3) is 11.7 Å². The van der Waals surface area contributed by atoms with Gasteiger partial charge in [-0.05, 0) is 0 Å². The van der Waals surface area contributed by atoms with Crippen molar-refractivity contribution >= 4 is 7.80 Å². The normalized spacial score (nSPS) is 14.9. The highest BCUT2D eigenvalue weighted by Gasteiger charge is 2.38. The second-order valence-electron chi connectivity index (χ2n) is 3.93. The first-order valence-corrected chi connectivity index (χ1v) is 7.01. The third kappa shape index (κ3) is 2.82. The highest BCUT2D eigenvalue weighted by Crippen LogP contribution is 2.49. The molecule has 0 saturated carbocycles. The minimum Gasteiger partial charge on any atom is -0.347 e. The third-order valence-electron chi connectivity index (χ3n) is 2.68. The highest BCUT2D eigenvalue weighted by molar-refractivity contribution is 7.45. The molecule has 0 bridgehead atoms. The van der Waals surface area contributed by atoms with Crippen LogP contribution in [0.2, 0.25) is 0 Å². The molecule has 0 aliphatic rings. The predicted molar refractivity (Wildman–Crippen MR) is 70.4 cm³/mol. The molecule has 0 aromatic heterocycles. The largest absolute Gasteiger partial charge is 0.411 e. The zero-order valence-electron chi connectivity index (χ0n) is 9.68. The van der Waals surface area contributed by atoms with Crippen molar-refractivity contribution in [3.8, 4) is 0 Å². The highest BCUT2D eigenvalue weighted by atomic mass is 31.1. The van der Waals surface area contributed by atoms with Crippen LogP contribution >= 0.6 is 7.80 Å². The number of hydrogen-bond donors (Lipinski definition) is 2. The first-order valence-electron chi connectivity index (χ1n) is 5.61. The molecule has 2 aromatic rings. The van der Waals surface area contributed by atoms with E-state index in [0.717, 1.165) is 0 Å². The van der Waals surface area contributed by atoms with Gasteiger partial charge < -0.3 is 10.2 Å². The first kappa shape index (κ1) is 12.9. The Morgan fingerprint density at radius 3 is 1.39 bits per heavy atom. The van der Waals surface area contributed by atoms with E-state index in [-0.39, 0.29) is 0 Å². The van der Waals surface area contributed by atoms with E-state index in [9.17, 15) is 14.8 Å². The van der Waals surface area contributed by atoms with Gasteiger partial charge in [0.1, 0.15) is 0 Å². The fourth-order valence-electron chi connectivity index (χ4n) is 1.68. The molecule has 0 radical (unpaired) electrons. The van der Waals surface area contributed by atoms with Gasteiger partial charge in [0.15, 0.2) is 0 Å². The smallest absolute Gasteiger partial charge is 0.347 e. The van der Waals surface area contributed by atoms with E-state index >= 15 is 0 Å². The summed E-state index contributed by atoms with van der Waals surface area (Å²) in [4.78, 5) is 0. The third-order valence-corrected chi connectivity index (χ3v) is 4.24. The molecule has 2 atom stereocenters. The average Bonchev–Trinajstić information content (AvgIpc) is 2.47. The summed E-state index contributed by atoms with van der Waals surface area (Å²) in [6.07, 6.45) is 0. The number of benzene rings is 2. The van der Waals surface area contributed by atoms with E-state index in [0.29, 0.717) is 11.1 Å². The maximum absolute atomic E-state index is 12.1. The summed E-state index contributed by atoms with van der Waals surface area (Å²) in [6.45, 7) is 0. The molecular weight excluding hydrogens is 247 g/mol. The summed E-state index contributed by atoms with van der Waals surface area (Å²) in [5.41, 5.74) is 1.10. The van der Waals surface area contributed by atoms with Gasteiger partial charge in [-0.3, -0.25) is 0 Å². The van der Waals surface area contributed by atoms with Crippen molar-refractivity contribution in [3.05, 3.63) is 71.8 Å². The van der Waals surface area contributed by atoms with Crippen molar-refractivity contribution < 1.29 is 14.8 Å². The van der Waals surface area contributed by atoms with Crippen molar-refractivity contribution in [2.24, 2.45) is 0 Å². The molecule has 2 rings (SSSR count). The lowest BCUT2D eigenvalue weighted by Gasteiger charge is -2.05. The van der Waals surface area contributed by atoms with E-state index in [4.69, 9.17) is 0 Å². The lowest BCUT2D eigenvalue weighted by atomic mass is 10.2. The predicted octanol–water partition coefficient (Wildman–Crippen LogP) is 3.20. The standard InChI is InChI=1S/C14H14O3P/c15-13(11-7-3-1-4-8-11)18(17)14(16)12-9-5-2-6-10-12/h1-10,13-16H/q+1. The van der Waals surface area contributed by atoms with Crippen molar-refractivity contribution in [1.29, 1.82) is 0 Å². The molecule has 0 amide bonds. The van der Waals surface area contributed by atoms with Crippen LogP contribution < -0.4 is 0 Å². The van der Waals surface area contributed by atoms with Crippen molar-refractivity contribution in [3.63, 3.8) is 0 Å². The lowest BCUT2D eigenvalue weighted by molar-refractivity contribution is 0.220. The minimum atomic E-state index is -2.19. The van der Waals surface area contributed by atoms with Crippen LogP contribution in [0.1, 0.15) is 22.8 Å². The monoisotopic (exact) mass is 261 g/mol. The fraction of sp³-hybridized carbons (Fsp3) is 0.143. The van der Waals surface area contributed by atoms with E-state index in [2.05, 4.69) is 0 Å². The van der Waals surface area contributed by atoms with Crippen molar-refractivity contribution in [1.82, 2.24) is 0 Å². The molecular formula is C14H14O3P+. The van der Waals surface area contributed by atoms with E-state index < -0.39 is 19.5 Å². The summed E-state index contributed by atoms with van der Waals surface area (Å²) in [7, 11) is -2.19. The molecule has 0 aliphatic carbocycles. The van der Waals surface area contributed by atoms with Crippen LogP contribution in [-0.4, -0.2) is 10.2 Å². The maximum Gasteiger partial charge on any atom is 0.411 e. The molecule has 4 heteroatoms. The average molecular weight is 261 g/mol. The Bertz CT molecular complexity index is 466. The second-order valence-corrected chi connectivity index (χ2v) is 5.63. The molecule has 0 heterocycles. The lowest BCUT2D eigenvalue weighted by Crippen LogP contribution is -1.99. The summed E-state index contributed by atoms with van der Waals surface area (Å²) >= 11 is 0. The molecule has 0 saturated heterocycles. The number of hydrogen-bond acceptors (Lipinski definition) is 3.